The Hall–Kier alpha value is -3.76. The average molecular weight is 518 g/mol. The van der Waals surface area contributed by atoms with Crippen LogP contribution in [0.2, 0.25) is 5.02 Å². The van der Waals surface area contributed by atoms with Gasteiger partial charge in [0.05, 0.1) is 38.1 Å². The molecule has 11 heteroatoms. The summed E-state index contributed by atoms with van der Waals surface area (Å²) in [7, 11) is 0.174. The number of nitrogens with zero attached hydrogens (tertiary/aromatic N) is 2. The summed E-state index contributed by atoms with van der Waals surface area (Å²) in [4.78, 5) is 12.6. The molecule has 0 aliphatic heterocycles. The van der Waals surface area contributed by atoms with Crippen molar-refractivity contribution in [1.82, 2.24) is 5.43 Å². The van der Waals surface area contributed by atoms with Crippen LogP contribution in [-0.2, 0) is 14.8 Å². The second-order valence-corrected chi connectivity index (χ2v) is 9.37. The molecule has 0 fully saturated rings. The second kappa shape index (κ2) is 11.6. The van der Waals surface area contributed by atoms with Crippen molar-refractivity contribution in [3.8, 4) is 17.2 Å². The Bertz CT molecular complexity index is 1300. The average Bonchev–Trinajstić information content (AvgIpc) is 2.88. The van der Waals surface area contributed by atoms with Crippen LogP contribution in [0.5, 0.6) is 17.2 Å². The zero-order valence-electron chi connectivity index (χ0n) is 19.3. The molecule has 0 aliphatic carbocycles. The molecule has 0 saturated heterocycles. The Morgan fingerprint density at radius 2 is 1.60 bits per heavy atom. The van der Waals surface area contributed by atoms with Gasteiger partial charge >= 0.3 is 0 Å². The molecular formula is C24H24ClN3O6S. The third-order valence-electron chi connectivity index (χ3n) is 4.86. The minimum absolute atomic E-state index is 0.0802. The predicted molar refractivity (Wildman–Crippen MR) is 134 cm³/mol. The molecule has 1 N–H and O–H groups in total. The lowest BCUT2D eigenvalue weighted by Crippen LogP contribution is -2.39. The summed E-state index contributed by atoms with van der Waals surface area (Å²) in [6.07, 6.45) is 1.43. The van der Waals surface area contributed by atoms with Crippen molar-refractivity contribution in [2.75, 3.05) is 32.2 Å². The highest BCUT2D eigenvalue weighted by atomic mass is 35.5. The number of methoxy groups -OCH3 is 3. The summed E-state index contributed by atoms with van der Waals surface area (Å²) >= 11 is 5.86. The molecular weight excluding hydrogens is 494 g/mol. The van der Waals surface area contributed by atoms with E-state index >= 15 is 0 Å². The van der Waals surface area contributed by atoms with Crippen LogP contribution in [0.1, 0.15) is 5.56 Å². The van der Waals surface area contributed by atoms with Crippen molar-refractivity contribution in [3.05, 3.63) is 77.3 Å². The van der Waals surface area contributed by atoms with Gasteiger partial charge in [0.25, 0.3) is 15.9 Å². The summed E-state index contributed by atoms with van der Waals surface area (Å²) < 4.78 is 43.7. The highest BCUT2D eigenvalue weighted by Crippen LogP contribution is 2.32. The van der Waals surface area contributed by atoms with Crippen molar-refractivity contribution in [2.24, 2.45) is 5.10 Å². The summed E-state index contributed by atoms with van der Waals surface area (Å²) in [5, 5.41) is 4.48. The Labute approximate surface area is 208 Å². The molecule has 0 unspecified atom stereocenters. The van der Waals surface area contributed by atoms with Gasteiger partial charge in [0, 0.05) is 11.1 Å². The third-order valence-corrected chi connectivity index (χ3v) is 6.89. The van der Waals surface area contributed by atoms with E-state index in [0.29, 0.717) is 22.1 Å². The number of amides is 1. The van der Waals surface area contributed by atoms with Gasteiger partial charge in [0.1, 0.15) is 12.3 Å². The minimum Gasteiger partial charge on any atom is -0.497 e. The molecule has 184 valence electrons. The molecule has 0 saturated carbocycles. The fourth-order valence-electron chi connectivity index (χ4n) is 3.06. The monoisotopic (exact) mass is 517 g/mol. The summed E-state index contributed by atoms with van der Waals surface area (Å²) in [6, 6.07) is 17.3. The molecule has 3 aromatic rings. The first-order valence-corrected chi connectivity index (χ1v) is 12.1. The van der Waals surface area contributed by atoms with Crippen molar-refractivity contribution in [2.45, 2.75) is 4.90 Å². The number of sulfonamides is 1. The third kappa shape index (κ3) is 6.43. The molecule has 35 heavy (non-hydrogen) atoms. The zero-order chi connectivity index (χ0) is 25.4. The maximum Gasteiger partial charge on any atom is 0.264 e. The number of anilines is 1. The fraction of sp³-hybridized carbons (Fsp3) is 0.167. The molecule has 0 radical (unpaired) electrons. The maximum absolute atomic E-state index is 13.6. The molecule has 1 amide bonds. The van der Waals surface area contributed by atoms with E-state index in [1.807, 2.05) is 0 Å². The van der Waals surface area contributed by atoms with Crippen LogP contribution in [-0.4, -0.2) is 48.4 Å². The van der Waals surface area contributed by atoms with E-state index in [0.717, 1.165) is 4.31 Å². The lowest BCUT2D eigenvalue weighted by Gasteiger charge is -2.24. The number of carbonyl (C=O) groups is 1. The fourth-order valence-corrected chi connectivity index (χ4v) is 4.62. The first-order chi connectivity index (χ1) is 16.8. The van der Waals surface area contributed by atoms with E-state index in [1.54, 1.807) is 48.5 Å². The number of nitrogens with one attached hydrogen (secondary N) is 1. The van der Waals surface area contributed by atoms with Crippen LogP contribution in [0.3, 0.4) is 0 Å². The first kappa shape index (κ1) is 25.9. The summed E-state index contributed by atoms with van der Waals surface area (Å²) in [6.45, 7) is -0.527. The van der Waals surface area contributed by atoms with Crippen molar-refractivity contribution < 1.29 is 27.4 Å². The molecule has 3 aromatic carbocycles. The highest BCUT2D eigenvalue weighted by molar-refractivity contribution is 7.92. The number of benzene rings is 3. The van der Waals surface area contributed by atoms with Gasteiger partial charge in [-0.15, -0.1) is 0 Å². The number of hydrazone groups is 1. The Kier molecular flexibility index (Phi) is 8.56. The van der Waals surface area contributed by atoms with Crippen LogP contribution >= 0.6 is 11.6 Å². The molecule has 0 spiro atoms. The molecule has 9 nitrogen and oxygen atoms in total. The quantitative estimate of drug-likeness (QED) is 0.324. The maximum atomic E-state index is 13.6. The number of hydrogen-bond donors (Lipinski definition) is 1. The smallest absolute Gasteiger partial charge is 0.264 e. The number of hydrogen-bond acceptors (Lipinski definition) is 7. The number of carbonyl (C=O) groups excluding carboxylic acids is 1. The van der Waals surface area contributed by atoms with Gasteiger partial charge in [-0.05, 0) is 54.1 Å². The van der Waals surface area contributed by atoms with Crippen LogP contribution in [0.4, 0.5) is 5.69 Å². The van der Waals surface area contributed by atoms with E-state index in [-0.39, 0.29) is 16.3 Å². The first-order valence-electron chi connectivity index (χ1n) is 10.2. The predicted octanol–water partition coefficient (Wildman–Crippen LogP) is 3.71. The van der Waals surface area contributed by atoms with Crippen molar-refractivity contribution in [3.63, 3.8) is 0 Å². The normalized spacial score (nSPS) is 11.2. The zero-order valence-corrected chi connectivity index (χ0v) is 20.8. The number of ether oxygens (including phenoxy) is 3. The SMILES string of the molecule is COc1ccc(N(CC(=O)N/N=C\c2ccc(Cl)cc2)S(=O)(=O)c2ccc(OC)c(OC)c2)cc1. The van der Waals surface area contributed by atoms with E-state index in [1.165, 1.54) is 45.7 Å². The molecule has 0 atom stereocenters. The van der Waals surface area contributed by atoms with Crippen LogP contribution < -0.4 is 23.9 Å². The summed E-state index contributed by atoms with van der Waals surface area (Å²) in [5.41, 5.74) is 3.32. The van der Waals surface area contributed by atoms with Gasteiger partial charge in [-0.3, -0.25) is 9.10 Å². The largest absolute Gasteiger partial charge is 0.497 e. The summed E-state index contributed by atoms with van der Waals surface area (Å²) in [5.74, 6) is 0.501. The van der Waals surface area contributed by atoms with Gasteiger partial charge < -0.3 is 14.2 Å². The van der Waals surface area contributed by atoms with E-state index in [2.05, 4.69) is 10.5 Å². The van der Waals surface area contributed by atoms with Gasteiger partial charge in [0.2, 0.25) is 0 Å². The van der Waals surface area contributed by atoms with Crippen LogP contribution in [0.15, 0.2) is 76.7 Å². The number of halogens is 1. The van der Waals surface area contributed by atoms with Gasteiger partial charge in [-0.1, -0.05) is 23.7 Å². The molecule has 0 heterocycles. The lowest BCUT2D eigenvalue weighted by atomic mass is 10.2. The second-order valence-electron chi connectivity index (χ2n) is 7.07. The Morgan fingerprint density at radius 1 is 0.943 bits per heavy atom. The molecule has 0 aromatic heterocycles. The molecule has 3 rings (SSSR count). The molecule has 0 bridgehead atoms. The number of rotatable bonds is 10. The lowest BCUT2D eigenvalue weighted by molar-refractivity contribution is -0.119. The topological polar surface area (TPSA) is 107 Å². The van der Waals surface area contributed by atoms with E-state index in [4.69, 9.17) is 25.8 Å². The van der Waals surface area contributed by atoms with Gasteiger partial charge in [-0.2, -0.15) is 5.10 Å². The van der Waals surface area contributed by atoms with Crippen molar-refractivity contribution >= 4 is 39.4 Å². The minimum atomic E-state index is -4.18. The van der Waals surface area contributed by atoms with Crippen molar-refractivity contribution in [1.29, 1.82) is 0 Å². The van der Waals surface area contributed by atoms with E-state index < -0.39 is 22.5 Å². The van der Waals surface area contributed by atoms with Crippen LogP contribution in [0.25, 0.3) is 0 Å². The van der Waals surface area contributed by atoms with Gasteiger partial charge in [0.15, 0.2) is 11.5 Å². The van der Waals surface area contributed by atoms with E-state index in [9.17, 15) is 13.2 Å². The van der Waals surface area contributed by atoms with Gasteiger partial charge in [-0.25, -0.2) is 13.8 Å². The Balaban J connectivity index is 1.90. The standard InChI is InChI=1S/C24H24ClN3O6S/c1-32-20-10-8-19(9-11-20)28(16-24(29)27-26-15-17-4-6-18(25)7-5-17)35(30,31)21-12-13-22(33-2)23(14-21)34-3/h4-15H,16H2,1-3H3,(H,27,29)/b26-15-. The highest BCUT2D eigenvalue weighted by Gasteiger charge is 2.28. The van der Waals surface area contributed by atoms with Crippen LogP contribution in [0, 0.1) is 0 Å². The molecule has 0 aliphatic rings. The Morgan fingerprint density at radius 3 is 2.20 bits per heavy atom.